The van der Waals surface area contributed by atoms with Crippen molar-refractivity contribution in [3.8, 4) is 5.75 Å². The van der Waals surface area contributed by atoms with Crippen LogP contribution in [0.1, 0.15) is 18.4 Å². The number of hydrogen-bond donors (Lipinski definition) is 1. The van der Waals surface area contributed by atoms with Crippen LogP contribution in [0.3, 0.4) is 0 Å². The van der Waals surface area contributed by atoms with Gasteiger partial charge in [-0.3, -0.25) is 0 Å². The molecular weight excluding hydrogens is 273 g/mol. The minimum atomic E-state index is 0.325. The van der Waals surface area contributed by atoms with Crippen molar-refractivity contribution in [1.29, 1.82) is 0 Å². The third kappa shape index (κ3) is 3.51. The first kappa shape index (κ1) is 13.9. The molecule has 18 heavy (non-hydrogen) atoms. The maximum absolute atomic E-state index is 6.08. The van der Waals surface area contributed by atoms with Crippen LogP contribution in [0.2, 0.25) is 10.0 Å². The Bertz CT molecular complexity index is 406. The normalized spacial score (nSPS) is 19.2. The molecule has 0 spiro atoms. The van der Waals surface area contributed by atoms with E-state index < -0.39 is 0 Å². The quantitative estimate of drug-likeness (QED) is 0.902. The molecule has 1 N–H and O–H groups in total. The van der Waals surface area contributed by atoms with Gasteiger partial charge in [-0.2, -0.15) is 0 Å². The van der Waals surface area contributed by atoms with Gasteiger partial charge in [0.25, 0.3) is 0 Å². The van der Waals surface area contributed by atoms with E-state index in [0.717, 1.165) is 31.6 Å². The summed E-state index contributed by atoms with van der Waals surface area (Å²) >= 11 is 12.1. The molecule has 2 rings (SSSR count). The summed E-state index contributed by atoms with van der Waals surface area (Å²) in [6, 6.07) is 3.56. The summed E-state index contributed by atoms with van der Waals surface area (Å²) in [6.45, 7) is 2.38. The van der Waals surface area contributed by atoms with E-state index in [1.54, 1.807) is 13.2 Å². The summed E-state index contributed by atoms with van der Waals surface area (Å²) in [5, 5.41) is 4.51. The van der Waals surface area contributed by atoms with Crippen molar-refractivity contribution >= 4 is 23.2 Å². The van der Waals surface area contributed by atoms with Crippen LogP contribution in [0.5, 0.6) is 5.75 Å². The summed E-state index contributed by atoms with van der Waals surface area (Å²) in [5.74, 6) is 0.681. The van der Waals surface area contributed by atoms with Crippen LogP contribution in [0.25, 0.3) is 0 Å². The molecule has 1 atom stereocenters. The van der Waals surface area contributed by atoms with E-state index in [1.165, 1.54) is 0 Å². The molecule has 1 aromatic carbocycles. The number of halogens is 2. The minimum Gasteiger partial charge on any atom is -0.495 e. The number of nitrogens with one attached hydrogen (secondary N) is 1. The number of rotatable bonds is 5. The molecule has 100 valence electrons. The predicted octanol–water partition coefficient (Wildman–Crippen LogP) is 3.27. The van der Waals surface area contributed by atoms with Gasteiger partial charge in [-0.1, -0.05) is 23.2 Å². The van der Waals surface area contributed by atoms with Crippen LogP contribution in [0, 0.1) is 0 Å². The van der Waals surface area contributed by atoms with E-state index >= 15 is 0 Å². The molecule has 0 bridgehead atoms. The average Bonchev–Trinajstić information content (AvgIpc) is 2.81. The van der Waals surface area contributed by atoms with Crippen molar-refractivity contribution in [3.63, 3.8) is 0 Å². The van der Waals surface area contributed by atoms with Crippen LogP contribution in [-0.4, -0.2) is 26.4 Å². The van der Waals surface area contributed by atoms with Gasteiger partial charge in [0.1, 0.15) is 5.75 Å². The fourth-order valence-corrected chi connectivity index (χ4v) is 2.76. The Kier molecular flexibility index (Phi) is 5.13. The lowest BCUT2D eigenvalue weighted by Gasteiger charge is -2.14. The van der Waals surface area contributed by atoms with Crippen LogP contribution in [-0.2, 0) is 11.3 Å². The Labute approximate surface area is 117 Å². The molecule has 1 saturated heterocycles. The molecule has 1 fully saturated rings. The molecule has 0 unspecified atom stereocenters. The molecule has 1 aliphatic rings. The van der Waals surface area contributed by atoms with E-state index in [0.29, 0.717) is 28.4 Å². The van der Waals surface area contributed by atoms with E-state index in [4.69, 9.17) is 32.7 Å². The number of methoxy groups -OCH3 is 1. The second-order valence-electron chi connectivity index (χ2n) is 4.35. The molecule has 1 aliphatic heterocycles. The minimum absolute atomic E-state index is 0.325. The van der Waals surface area contributed by atoms with E-state index in [-0.39, 0.29) is 0 Å². The topological polar surface area (TPSA) is 30.5 Å². The predicted molar refractivity (Wildman–Crippen MR) is 73.7 cm³/mol. The van der Waals surface area contributed by atoms with Crippen molar-refractivity contribution in [1.82, 2.24) is 5.32 Å². The Balaban J connectivity index is 1.95. The summed E-state index contributed by atoms with van der Waals surface area (Å²) in [5.41, 5.74) is 0.966. The average molecular weight is 290 g/mol. The molecule has 0 amide bonds. The highest BCUT2D eigenvalue weighted by atomic mass is 35.5. The van der Waals surface area contributed by atoms with Crippen molar-refractivity contribution in [3.05, 3.63) is 27.7 Å². The Morgan fingerprint density at radius 2 is 2.28 bits per heavy atom. The summed E-state index contributed by atoms with van der Waals surface area (Å²) in [7, 11) is 1.61. The van der Waals surface area contributed by atoms with E-state index in [2.05, 4.69) is 5.32 Å². The van der Waals surface area contributed by atoms with Gasteiger partial charge >= 0.3 is 0 Å². The zero-order chi connectivity index (χ0) is 13.0. The molecule has 3 nitrogen and oxygen atoms in total. The smallest absolute Gasteiger partial charge is 0.142 e. The molecule has 0 radical (unpaired) electrons. The molecule has 1 heterocycles. The highest BCUT2D eigenvalue weighted by molar-refractivity contribution is 6.35. The Morgan fingerprint density at radius 1 is 1.44 bits per heavy atom. The lowest BCUT2D eigenvalue weighted by Crippen LogP contribution is -2.26. The number of hydrogen-bond acceptors (Lipinski definition) is 3. The molecule has 5 heteroatoms. The molecule has 0 aromatic heterocycles. The molecule has 1 aromatic rings. The van der Waals surface area contributed by atoms with Crippen LogP contribution in [0.15, 0.2) is 12.1 Å². The third-order valence-corrected chi connectivity index (χ3v) is 3.50. The van der Waals surface area contributed by atoms with Gasteiger partial charge in [0.2, 0.25) is 0 Å². The van der Waals surface area contributed by atoms with E-state index in [1.807, 2.05) is 6.07 Å². The van der Waals surface area contributed by atoms with Gasteiger partial charge in [-0.25, -0.2) is 0 Å². The van der Waals surface area contributed by atoms with Crippen molar-refractivity contribution in [2.75, 3.05) is 20.3 Å². The third-order valence-electron chi connectivity index (χ3n) is 3.00. The Hall–Kier alpha value is -0.480. The molecular formula is C13H17Cl2NO2. The molecule has 0 saturated carbocycles. The van der Waals surface area contributed by atoms with Gasteiger partial charge in [-0.15, -0.1) is 0 Å². The second kappa shape index (κ2) is 6.62. The van der Waals surface area contributed by atoms with Gasteiger partial charge in [0, 0.05) is 30.3 Å². The van der Waals surface area contributed by atoms with Crippen LogP contribution < -0.4 is 10.1 Å². The summed E-state index contributed by atoms with van der Waals surface area (Å²) in [6.07, 6.45) is 2.60. The zero-order valence-corrected chi connectivity index (χ0v) is 11.9. The SMILES string of the molecule is COc1c(Cl)cc(Cl)cc1CNC[C@H]1CCCO1. The van der Waals surface area contributed by atoms with Gasteiger partial charge < -0.3 is 14.8 Å². The number of ether oxygens (including phenoxy) is 2. The lowest BCUT2D eigenvalue weighted by atomic mass is 10.2. The summed E-state index contributed by atoms with van der Waals surface area (Å²) < 4.78 is 10.8. The maximum Gasteiger partial charge on any atom is 0.142 e. The fourth-order valence-electron chi connectivity index (χ4n) is 2.15. The highest BCUT2D eigenvalue weighted by Crippen LogP contribution is 2.32. The first-order valence-electron chi connectivity index (χ1n) is 6.05. The monoisotopic (exact) mass is 289 g/mol. The fraction of sp³-hybridized carbons (Fsp3) is 0.538. The van der Waals surface area contributed by atoms with Gasteiger partial charge in [0.05, 0.1) is 18.2 Å². The van der Waals surface area contributed by atoms with Crippen molar-refractivity contribution in [2.45, 2.75) is 25.5 Å². The maximum atomic E-state index is 6.08. The van der Waals surface area contributed by atoms with Gasteiger partial charge in [-0.05, 0) is 25.0 Å². The van der Waals surface area contributed by atoms with Crippen molar-refractivity contribution in [2.24, 2.45) is 0 Å². The Morgan fingerprint density at radius 3 is 2.94 bits per heavy atom. The van der Waals surface area contributed by atoms with Crippen molar-refractivity contribution < 1.29 is 9.47 Å². The zero-order valence-electron chi connectivity index (χ0n) is 10.3. The second-order valence-corrected chi connectivity index (χ2v) is 5.19. The highest BCUT2D eigenvalue weighted by Gasteiger charge is 2.15. The van der Waals surface area contributed by atoms with E-state index in [9.17, 15) is 0 Å². The first-order valence-corrected chi connectivity index (χ1v) is 6.80. The van der Waals surface area contributed by atoms with Crippen LogP contribution >= 0.6 is 23.2 Å². The van der Waals surface area contributed by atoms with Gasteiger partial charge in [0.15, 0.2) is 0 Å². The summed E-state index contributed by atoms with van der Waals surface area (Å²) in [4.78, 5) is 0. The molecule has 0 aliphatic carbocycles. The largest absolute Gasteiger partial charge is 0.495 e. The lowest BCUT2D eigenvalue weighted by molar-refractivity contribution is 0.110. The number of benzene rings is 1. The van der Waals surface area contributed by atoms with Crippen LogP contribution in [0.4, 0.5) is 0 Å². The first-order chi connectivity index (χ1) is 8.70. The standard InChI is InChI=1S/C13H17Cl2NO2/c1-17-13-9(5-10(14)6-12(13)15)7-16-8-11-3-2-4-18-11/h5-6,11,16H,2-4,7-8H2,1H3/t11-/m1/s1.